The van der Waals surface area contributed by atoms with Crippen LogP contribution in [-0.4, -0.2) is 24.7 Å². The lowest BCUT2D eigenvalue weighted by atomic mass is 9.89. The molecule has 1 heterocycles. The van der Waals surface area contributed by atoms with Crippen LogP contribution in [-0.2, 0) is 9.84 Å². The number of thiol groups is 1. The lowest BCUT2D eigenvalue weighted by Gasteiger charge is -2.38. The van der Waals surface area contributed by atoms with E-state index in [0.717, 1.165) is 19.3 Å². The molecule has 2 aliphatic rings. The Labute approximate surface area is 79.1 Å². The van der Waals surface area contributed by atoms with Crippen molar-refractivity contribution in [1.82, 2.24) is 0 Å². The molecule has 0 N–H and O–H groups in total. The predicted octanol–water partition coefficient (Wildman–Crippen LogP) is 1.27. The van der Waals surface area contributed by atoms with E-state index >= 15 is 0 Å². The zero-order chi connectivity index (χ0) is 9.04. The maximum atomic E-state index is 11.0. The van der Waals surface area contributed by atoms with Gasteiger partial charge in [0.2, 0.25) is 0 Å². The van der Waals surface area contributed by atoms with Gasteiger partial charge in [0.05, 0.1) is 11.5 Å². The van der Waals surface area contributed by atoms with E-state index in [2.05, 4.69) is 19.6 Å². The van der Waals surface area contributed by atoms with Crippen LogP contribution >= 0.6 is 12.6 Å². The van der Waals surface area contributed by atoms with Gasteiger partial charge in [0.15, 0.2) is 9.84 Å². The van der Waals surface area contributed by atoms with Crippen LogP contribution in [0.3, 0.4) is 0 Å². The first-order valence-corrected chi connectivity index (χ1v) is 6.52. The Morgan fingerprint density at radius 3 is 2.17 bits per heavy atom. The predicted molar refractivity (Wildman–Crippen MR) is 52.3 cm³/mol. The van der Waals surface area contributed by atoms with E-state index in [1.54, 1.807) is 0 Å². The monoisotopic (exact) mass is 206 g/mol. The van der Waals surface area contributed by atoms with E-state index in [-0.39, 0.29) is 10.2 Å². The Kier molecular flexibility index (Phi) is 1.63. The summed E-state index contributed by atoms with van der Waals surface area (Å²) >= 11 is 4.51. The van der Waals surface area contributed by atoms with Gasteiger partial charge in [0.25, 0.3) is 0 Å². The van der Waals surface area contributed by atoms with Gasteiger partial charge >= 0.3 is 0 Å². The molecule has 1 aliphatic heterocycles. The third-order valence-corrected chi connectivity index (χ3v) is 5.49. The fraction of sp³-hybridized carbons (Fsp3) is 1.00. The fourth-order valence-electron chi connectivity index (χ4n) is 2.66. The Hall–Kier alpha value is 0.300. The molecule has 0 amide bonds. The lowest BCUT2D eigenvalue weighted by Crippen LogP contribution is -2.47. The Balaban J connectivity index is 2.11. The third kappa shape index (κ3) is 1.39. The molecule has 0 bridgehead atoms. The molecule has 0 aromatic rings. The molecule has 2 rings (SSSR count). The van der Waals surface area contributed by atoms with Crippen molar-refractivity contribution in [1.29, 1.82) is 0 Å². The summed E-state index contributed by atoms with van der Waals surface area (Å²) in [5.41, 5.74) is 0.120. The van der Waals surface area contributed by atoms with E-state index in [4.69, 9.17) is 0 Å². The van der Waals surface area contributed by atoms with Crippen LogP contribution < -0.4 is 0 Å². The van der Waals surface area contributed by atoms with Gasteiger partial charge in [0.1, 0.15) is 0 Å². The summed E-state index contributed by atoms with van der Waals surface area (Å²) in [6, 6.07) is 0. The minimum absolute atomic E-state index is 0.0793. The van der Waals surface area contributed by atoms with Crippen LogP contribution in [0, 0.1) is 5.41 Å². The van der Waals surface area contributed by atoms with Crippen molar-refractivity contribution in [2.24, 2.45) is 5.41 Å². The summed E-state index contributed by atoms with van der Waals surface area (Å²) < 4.78 is 22.1. The van der Waals surface area contributed by atoms with Crippen LogP contribution in [0.1, 0.15) is 26.2 Å². The highest BCUT2D eigenvalue weighted by Crippen LogP contribution is 2.53. The fourth-order valence-corrected chi connectivity index (χ4v) is 5.38. The van der Waals surface area contributed by atoms with Crippen molar-refractivity contribution >= 4 is 22.5 Å². The molecular formula is C8H14O2S2. The SMILES string of the molecule is CC1(S)CCC2(C1)CS(=O)(=O)C2. The molecule has 0 radical (unpaired) electrons. The van der Waals surface area contributed by atoms with Crippen LogP contribution in [0.15, 0.2) is 0 Å². The van der Waals surface area contributed by atoms with Gasteiger partial charge < -0.3 is 0 Å². The van der Waals surface area contributed by atoms with E-state index < -0.39 is 9.84 Å². The summed E-state index contributed by atoms with van der Waals surface area (Å²) in [6.07, 6.45) is 3.08. The van der Waals surface area contributed by atoms with Crippen molar-refractivity contribution in [3.8, 4) is 0 Å². The molecule has 1 unspecified atom stereocenters. The highest BCUT2D eigenvalue weighted by Gasteiger charge is 2.54. The van der Waals surface area contributed by atoms with E-state index in [1.165, 1.54) is 0 Å². The second kappa shape index (κ2) is 2.21. The third-order valence-electron chi connectivity index (χ3n) is 3.00. The van der Waals surface area contributed by atoms with Gasteiger partial charge in [0, 0.05) is 4.75 Å². The zero-order valence-electron chi connectivity index (χ0n) is 7.21. The summed E-state index contributed by atoms with van der Waals surface area (Å²) in [5, 5.41) is 0. The molecule has 12 heavy (non-hydrogen) atoms. The summed E-state index contributed by atoms with van der Waals surface area (Å²) in [7, 11) is -2.66. The van der Waals surface area contributed by atoms with Crippen molar-refractivity contribution < 1.29 is 8.42 Å². The molecule has 0 aromatic carbocycles. The summed E-state index contributed by atoms with van der Waals surface area (Å²) in [4.78, 5) is 0. The van der Waals surface area contributed by atoms with Gasteiger partial charge in [-0.3, -0.25) is 0 Å². The second-order valence-electron chi connectivity index (χ2n) is 4.71. The maximum absolute atomic E-state index is 11.0. The normalized spacial score (nSPS) is 42.8. The second-order valence-corrected chi connectivity index (χ2v) is 7.85. The van der Waals surface area contributed by atoms with Gasteiger partial charge in [-0.2, -0.15) is 12.6 Å². The first kappa shape index (κ1) is 8.88. The molecule has 2 fully saturated rings. The van der Waals surface area contributed by atoms with Crippen molar-refractivity contribution in [3.63, 3.8) is 0 Å². The first-order chi connectivity index (χ1) is 5.33. The Morgan fingerprint density at radius 2 is 1.83 bits per heavy atom. The zero-order valence-corrected chi connectivity index (χ0v) is 8.92. The molecular weight excluding hydrogens is 192 g/mol. The molecule has 0 aromatic heterocycles. The van der Waals surface area contributed by atoms with Crippen LogP contribution in [0.4, 0.5) is 0 Å². The Bertz CT molecular complexity index is 291. The number of rotatable bonds is 0. The van der Waals surface area contributed by atoms with Gasteiger partial charge in [-0.05, 0) is 24.7 Å². The van der Waals surface area contributed by atoms with Crippen molar-refractivity contribution in [2.45, 2.75) is 30.9 Å². The lowest BCUT2D eigenvalue weighted by molar-refractivity contribution is 0.337. The molecule has 70 valence electrons. The van der Waals surface area contributed by atoms with Crippen LogP contribution in [0.25, 0.3) is 0 Å². The summed E-state index contributed by atoms with van der Waals surface area (Å²) in [5.74, 6) is 0.826. The molecule has 1 aliphatic carbocycles. The highest BCUT2D eigenvalue weighted by atomic mass is 32.2. The maximum Gasteiger partial charge on any atom is 0.151 e. The molecule has 2 nitrogen and oxygen atoms in total. The first-order valence-electron chi connectivity index (χ1n) is 4.26. The Morgan fingerprint density at radius 1 is 1.25 bits per heavy atom. The van der Waals surface area contributed by atoms with E-state index in [0.29, 0.717) is 11.5 Å². The van der Waals surface area contributed by atoms with E-state index in [1.807, 2.05) is 0 Å². The van der Waals surface area contributed by atoms with Crippen molar-refractivity contribution in [2.75, 3.05) is 11.5 Å². The quantitative estimate of drug-likeness (QED) is 0.606. The molecule has 1 saturated heterocycles. The number of hydrogen-bond donors (Lipinski definition) is 1. The molecule has 4 heteroatoms. The standard InChI is InChI=1S/C8H14O2S2/c1-7(11)2-3-8(4-7)5-12(9,10)6-8/h11H,2-6H2,1H3. The topological polar surface area (TPSA) is 34.1 Å². The highest BCUT2D eigenvalue weighted by molar-refractivity contribution is 7.92. The average Bonchev–Trinajstić information content (AvgIpc) is 2.03. The number of sulfone groups is 1. The molecule has 1 saturated carbocycles. The van der Waals surface area contributed by atoms with Crippen LogP contribution in [0.5, 0.6) is 0 Å². The van der Waals surface area contributed by atoms with Gasteiger partial charge in [-0.15, -0.1) is 0 Å². The summed E-state index contributed by atoms with van der Waals surface area (Å²) in [6.45, 7) is 2.11. The number of hydrogen-bond acceptors (Lipinski definition) is 3. The molecule has 1 atom stereocenters. The average molecular weight is 206 g/mol. The van der Waals surface area contributed by atoms with Gasteiger partial charge in [-0.25, -0.2) is 8.42 Å². The van der Waals surface area contributed by atoms with Crippen LogP contribution in [0.2, 0.25) is 0 Å². The minimum atomic E-state index is -2.66. The largest absolute Gasteiger partial charge is 0.229 e. The molecule has 1 spiro atoms. The van der Waals surface area contributed by atoms with Crippen molar-refractivity contribution in [3.05, 3.63) is 0 Å². The van der Waals surface area contributed by atoms with E-state index in [9.17, 15) is 8.42 Å². The minimum Gasteiger partial charge on any atom is -0.229 e. The van der Waals surface area contributed by atoms with Gasteiger partial charge in [-0.1, -0.05) is 6.92 Å². The smallest absolute Gasteiger partial charge is 0.151 e.